The number of amides is 2. The van der Waals surface area contributed by atoms with Crippen molar-refractivity contribution in [3.05, 3.63) is 70.2 Å². The number of nitrogens with zero attached hydrogens (tertiary/aromatic N) is 1. The third-order valence-corrected chi connectivity index (χ3v) is 5.95. The van der Waals surface area contributed by atoms with Crippen molar-refractivity contribution in [1.82, 2.24) is 10.2 Å². The van der Waals surface area contributed by atoms with Crippen LogP contribution in [0.5, 0.6) is 0 Å². The molecule has 1 aliphatic rings. The summed E-state index contributed by atoms with van der Waals surface area (Å²) in [4.78, 5) is 27.8. The van der Waals surface area contributed by atoms with Crippen LogP contribution in [0, 0.1) is 5.92 Å². The van der Waals surface area contributed by atoms with Crippen molar-refractivity contribution in [2.75, 3.05) is 19.7 Å². The van der Waals surface area contributed by atoms with E-state index in [0.29, 0.717) is 25.3 Å². The van der Waals surface area contributed by atoms with Gasteiger partial charge in [0.2, 0.25) is 5.91 Å². The molecule has 1 aliphatic heterocycles. The minimum absolute atomic E-state index is 0.0316. The predicted molar refractivity (Wildman–Crippen MR) is 117 cm³/mol. The van der Waals surface area contributed by atoms with Gasteiger partial charge in [0.15, 0.2) is 0 Å². The smallest absolute Gasteiger partial charge is 0.251 e. The lowest BCUT2D eigenvalue weighted by molar-refractivity contribution is -0.142. The summed E-state index contributed by atoms with van der Waals surface area (Å²) in [5.74, 6) is -0.236. The Kier molecular flexibility index (Phi) is 7.45. The Morgan fingerprint density at radius 1 is 1.17 bits per heavy atom. The number of rotatable bonds is 6. The zero-order valence-corrected chi connectivity index (χ0v) is 18.4. The molecular formula is C23H27BrN2O3. The van der Waals surface area contributed by atoms with Crippen molar-refractivity contribution in [3.8, 4) is 0 Å². The van der Waals surface area contributed by atoms with E-state index < -0.39 is 6.04 Å². The van der Waals surface area contributed by atoms with Crippen LogP contribution in [0.15, 0.2) is 59.1 Å². The highest BCUT2D eigenvalue weighted by Crippen LogP contribution is 2.25. The number of morpholine rings is 1. The Bertz CT molecular complexity index is 826. The van der Waals surface area contributed by atoms with Crippen LogP contribution in [0.3, 0.4) is 0 Å². The Labute approximate surface area is 180 Å². The largest absolute Gasteiger partial charge is 0.370 e. The molecule has 2 amide bonds. The van der Waals surface area contributed by atoms with Crippen molar-refractivity contribution < 1.29 is 14.3 Å². The molecule has 3 atom stereocenters. The van der Waals surface area contributed by atoms with E-state index >= 15 is 0 Å². The molecule has 154 valence electrons. The SMILES string of the molecule is CCC(C)C(NC(=O)c1ccccc1)C(=O)N1CCOC(c2ccc(Br)cc2)C1. The highest BCUT2D eigenvalue weighted by molar-refractivity contribution is 9.10. The maximum Gasteiger partial charge on any atom is 0.251 e. The molecule has 0 saturated carbocycles. The summed E-state index contributed by atoms with van der Waals surface area (Å²) in [6, 6.07) is 16.4. The monoisotopic (exact) mass is 458 g/mol. The molecule has 29 heavy (non-hydrogen) atoms. The summed E-state index contributed by atoms with van der Waals surface area (Å²) in [7, 11) is 0. The quantitative estimate of drug-likeness (QED) is 0.705. The molecule has 6 heteroatoms. The Balaban J connectivity index is 1.73. The van der Waals surface area contributed by atoms with Gasteiger partial charge in [0.1, 0.15) is 12.1 Å². The van der Waals surface area contributed by atoms with Crippen molar-refractivity contribution in [2.24, 2.45) is 5.92 Å². The number of benzene rings is 2. The summed E-state index contributed by atoms with van der Waals surface area (Å²) >= 11 is 3.44. The third kappa shape index (κ3) is 5.46. The Morgan fingerprint density at radius 2 is 1.86 bits per heavy atom. The molecule has 1 saturated heterocycles. The fourth-order valence-electron chi connectivity index (χ4n) is 3.42. The molecule has 0 aromatic heterocycles. The molecule has 3 unspecified atom stereocenters. The Morgan fingerprint density at radius 3 is 2.52 bits per heavy atom. The van der Waals surface area contributed by atoms with Crippen molar-refractivity contribution in [2.45, 2.75) is 32.4 Å². The van der Waals surface area contributed by atoms with E-state index in [1.165, 1.54) is 0 Å². The minimum Gasteiger partial charge on any atom is -0.370 e. The molecule has 0 aliphatic carbocycles. The molecule has 2 aromatic rings. The first-order valence-electron chi connectivity index (χ1n) is 10.0. The third-order valence-electron chi connectivity index (χ3n) is 5.42. The second kappa shape index (κ2) is 10.0. The molecule has 1 heterocycles. The number of carbonyl (C=O) groups excluding carboxylic acids is 2. The first-order chi connectivity index (χ1) is 14.0. The fourth-order valence-corrected chi connectivity index (χ4v) is 3.69. The maximum absolute atomic E-state index is 13.3. The van der Waals surface area contributed by atoms with Gasteiger partial charge in [-0.1, -0.05) is 66.5 Å². The molecular weight excluding hydrogens is 432 g/mol. The van der Waals surface area contributed by atoms with Crippen LogP contribution in [0.4, 0.5) is 0 Å². The summed E-state index contributed by atoms with van der Waals surface area (Å²) in [6.07, 6.45) is 0.634. The van der Waals surface area contributed by atoms with E-state index in [2.05, 4.69) is 21.2 Å². The van der Waals surface area contributed by atoms with Crippen LogP contribution < -0.4 is 5.32 Å². The fraction of sp³-hybridized carbons (Fsp3) is 0.391. The topological polar surface area (TPSA) is 58.6 Å². The van der Waals surface area contributed by atoms with Crippen molar-refractivity contribution in [3.63, 3.8) is 0 Å². The molecule has 2 aromatic carbocycles. The summed E-state index contributed by atoms with van der Waals surface area (Å²) in [5.41, 5.74) is 1.60. The second-order valence-electron chi connectivity index (χ2n) is 7.40. The predicted octanol–water partition coefficient (Wildman–Crippen LogP) is 4.19. The van der Waals surface area contributed by atoms with Gasteiger partial charge in [0.25, 0.3) is 5.91 Å². The molecule has 0 bridgehead atoms. The van der Waals surface area contributed by atoms with Gasteiger partial charge in [-0.3, -0.25) is 9.59 Å². The number of hydrogen-bond acceptors (Lipinski definition) is 3. The van der Waals surface area contributed by atoms with Crippen molar-refractivity contribution in [1.29, 1.82) is 0 Å². The van der Waals surface area contributed by atoms with Gasteiger partial charge in [0.05, 0.1) is 13.2 Å². The first kappa shape index (κ1) is 21.5. The number of halogens is 1. The average molecular weight is 459 g/mol. The summed E-state index contributed by atoms with van der Waals surface area (Å²) < 4.78 is 6.91. The van der Waals surface area contributed by atoms with E-state index in [9.17, 15) is 9.59 Å². The van der Waals surface area contributed by atoms with E-state index in [4.69, 9.17) is 4.74 Å². The molecule has 5 nitrogen and oxygen atoms in total. The number of nitrogens with one attached hydrogen (secondary N) is 1. The lowest BCUT2D eigenvalue weighted by atomic mass is 9.96. The van der Waals surface area contributed by atoms with Gasteiger partial charge in [0, 0.05) is 16.6 Å². The molecule has 0 radical (unpaired) electrons. The van der Waals surface area contributed by atoms with Crippen LogP contribution >= 0.6 is 15.9 Å². The maximum atomic E-state index is 13.3. The highest BCUT2D eigenvalue weighted by Gasteiger charge is 2.33. The lowest BCUT2D eigenvalue weighted by Crippen LogP contribution is -2.54. The Hall–Kier alpha value is -2.18. The molecule has 1 N–H and O–H groups in total. The lowest BCUT2D eigenvalue weighted by Gasteiger charge is -2.36. The van der Waals surface area contributed by atoms with Gasteiger partial charge in [-0.05, 0) is 35.7 Å². The van der Waals surface area contributed by atoms with Gasteiger partial charge >= 0.3 is 0 Å². The highest BCUT2D eigenvalue weighted by atomic mass is 79.9. The minimum atomic E-state index is -0.559. The van der Waals surface area contributed by atoms with Crippen molar-refractivity contribution >= 4 is 27.7 Å². The van der Waals surface area contributed by atoms with Gasteiger partial charge in [-0.2, -0.15) is 0 Å². The summed E-state index contributed by atoms with van der Waals surface area (Å²) in [5, 5.41) is 2.97. The molecule has 1 fully saturated rings. The van der Waals surface area contributed by atoms with Gasteiger partial charge in [-0.15, -0.1) is 0 Å². The molecule has 3 rings (SSSR count). The zero-order chi connectivity index (χ0) is 20.8. The first-order valence-corrected chi connectivity index (χ1v) is 10.8. The number of hydrogen-bond donors (Lipinski definition) is 1. The normalized spacial score (nSPS) is 18.7. The van der Waals surface area contributed by atoms with Gasteiger partial charge in [-0.25, -0.2) is 0 Å². The van der Waals surface area contributed by atoms with Crippen LogP contribution in [0.1, 0.15) is 42.3 Å². The van der Waals surface area contributed by atoms with Crippen LogP contribution in [0.25, 0.3) is 0 Å². The van der Waals surface area contributed by atoms with E-state index in [0.717, 1.165) is 16.5 Å². The second-order valence-corrected chi connectivity index (χ2v) is 8.31. The zero-order valence-electron chi connectivity index (χ0n) is 16.8. The van der Waals surface area contributed by atoms with E-state index in [1.807, 2.05) is 61.2 Å². The van der Waals surface area contributed by atoms with Crippen LogP contribution in [-0.4, -0.2) is 42.5 Å². The van der Waals surface area contributed by atoms with Gasteiger partial charge < -0.3 is 15.0 Å². The summed E-state index contributed by atoms with van der Waals surface area (Å²) in [6.45, 7) is 5.52. The van der Waals surface area contributed by atoms with Crippen LogP contribution in [0.2, 0.25) is 0 Å². The number of carbonyl (C=O) groups is 2. The number of ether oxygens (including phenoxy) is 1. The van der Waals surface area contributed by atoms with E-state index in [-0.39, 0.29) is 23.8 Å². The van der Waals surface area contributed by atoms with E-state index in [1.54, 1.807) is 12.1 Å². The molecule has 0 spiro atoms. The standard InChI is InChI=1S/C23H27BrN2O3/c1-3-16(2)21(25-22(27)18-7-5-4-6-8-18)23(28)26-13-14-29-20(15-26)17-9-11-19(24)12-10-17/h4-12,16,20-21H,3,13-15H2,1-2H3,(H,25,27). The van der Waals surface area contributed by atoms with Crippen LogP contribution in [-0.2, 0) is 9.53 Å². The average Bonchev–Trinajstić information content (AvgIpc) is 2.77.